The molecule has 1 aliphatic heterocycles. The van der Waals surface area contributed by atoms with Gasteiger partial charge in [0.15, 0.2) is 4.96 Å². The molecule has 140 valence electrons. The molecule has 8 heteroatoms. The van der Waals surface area contributed by atoms with E-state index < -0.39 is 0 Å². The number of nitrogens with one attached hydrogen (secondary N) is 1. The van der Waals surface area contributed by atoms with Crippen LogP contribution in [0.3, 0.4) is 0 Å². The van der Waals surface area contributed by atoms with Crippen molar-refractivity contribution in [2.24, 2.45) is 5.92 Å². The van der Waals surface area contributed by atoms with Gasteiger partial charge in [-0.05, 0) is 24.5 Å². The lowest BCUT2D eigenvalue weighted by Gasteiger charge is -2.31. The predicted molar refractivity (Wildman–Crippen MR) is 102 cm³/mol. The molecule has 0 spiro atoms. The normalized spacial score (nSPS) is 15.2. The first kappa shape index (κ1) is 17.7. The second-order valence-corrected chi connectivity index (χ2v) is 7.61. The summed E-state index contributed by atoms with van der Waals surface area (Å²) in [4.78, 5) is 36.2. The van der Waals surface area contributed by atoms with E-state index in [1.54, 1.807) is 23.7 Å². The molecule has 27 heavy (non-hydrogen) atoms. The van der Waals surface area contributed by atoms with Crippen molar-refractivity contribution in [1.82, 2.24) is 24.6 Å². The SMILES string of the molecule is O=C(NCc1cccnc1)C1CCN(C(=O)Cc2cn3ccsc3n2)CC1. The van der Waals surface area contributed by atoms with E-state index in [0.29, 0.717) is 38.9 Å². The van der Waals surface area contributed by atoms with Gasteiger partial charge in [0.25, 0.3) is 0 Å². The van der Waals surface area contributed by atoms with Crippen molar-refractivity contribution in [1.29, 1.82) is 0 Å². The summed E-state index contributed by atoms with van der Waals surface area (Å²) in [5, 5.41) is 4.94. The van der Waals surface area contributed by atoms with E-state index in [1.165, 1.54) is 0 Å². The van der Waals surface area contributed by atoms with Crippen molar-refractivity contribution < 1.29 is 9.59 Å². The topological polar surface area (TPSA) is 79.6 Å². The average Bonchev–Trinajstić information content (AvgIpc) is 3.28. The minimum Gasteiger partial charge on any atom is -0.352 e. The molecule has 0 aliphatic carbocycles. The standard InChI is InChI=1S/C19H21N5O2S/c25-17(10-16-13-24-8-9-27-19(24)22-16)23-6-3-15(4-7-23)18(26)21-12-14-2-1-5-20-11-14/h1-2,5,8-9,11,13,15H,3-4,6-7,10,12H2,(H,21,26). The number of nitrogens with zero attached hydrogens (tertiary/aromatic N) is 4. The number of carbonyl (C=O) groups excluding carboxylic acids is 2. The Balaban J connectivity index is 1.24. The zero-order chi connectivity index (χ0) is 18.6. The Morgan fingerprint density at radius 2 is 2.15 bits per heavy atom. The molecule has 2 amide bonds. The maximum atomic E-state index is 12.5. The van der Waals surface area contributed by atoms with Crippen LogP contribution in [0, 0.1) is 5.92 Å². The monoisotopic (exact) mass is 383 g/mol. The van der Waals surface area contributed by atoms with Gasteiger partial charge in [-0.2, -0.15) is 0 Å². The van der Waals surface area contributed by atoms with E-state index in [1.807, 2.05) is 39.2 Å². The number of thiazole rings is 1. The van der Waals surface area contributed by atoms with E-state index in [4.69, 9.17) is 0 Å². The predicted octanol–water partition coefficient (Wildman–Crippen LogP) is 1.89. The highest BCUT2D eigenvalue weighted by molar-refractivity contribution is 7.15. The molecule has 0 saturated carbocycles. The van der Waals surface area contributed by atoms with Crippen LogP contribution in [0.25, 0.3) is 4.96 Å². The summed E-state index contributed by atoms with van der Waals surface area (Å²) in [6.45, 7) is 1.72. The van der Waals surface area contributed by atoms with Crippen LogP contribution in [-0.2, 0) is 22.6 Å². The van der Waals surface area contributed by atoms with Crippen LogP contribution in [0.5, 0.6) is 0 Å². The first-order chi connectivity index (χ1) is 13.2. The molecule has 0 atom stereocenters. The molecule has 0 unspecified atom stereocenters. The van der Waals surface area contributed by atoms with E-state index in [2.05, 4.69) is 15.3 Å². The van der Waals surface area contributed by atoms with E-state index in [9.17, 15) is 9.59 Å². The molecule has 0 aromatic carbocycles. The number of rotatable bonds is 5. The van der Waals surface area contributed by atoms with Crippen molar-refractivity contribution in [3.63, 3.8) is 0 Å². The number of hydrogen-bond acceptors (Lipinski definition) is 5. The maximum absolute atomic E-state index is 12.5. The van der Waals surface area contributed by atoms with Crippen LogP contribution >= 0.6 is 11.3 Å². The van der Waals surface area contributed by atoms with Gasteiger partial charge in [-0.3, -0.25) is 19.0 Å². The summed E-state index contributed by atoms with van der Waals surface area (Å²) >= 11 is 1.56. The van der Waals surface area contributed by atoms with Crippen molar-refractivity contribution in [3.05, 3.63) is 53.6 Å². The van der Waals surface area contributed by atoms with Gasteiger partial charge in [-0.15, -0.1) is 11.3 Å². The molecule has 0 radical (unpaired) electrons. The van der Waals surface area contributed by atoms with Crippen LogP contribution in [0.4, 0.5) is 0 Å². The molecule has 4 heterocycles. The van der Waals surface area contributed by atoms with Crippen LogP contribution in [0.2, 0.25) is 0 Å². The Labute approximate surface area is 161 Å². The fourth-order valence-corrected chi connectivity index (χ4v) is 4.07. The minimum atomic E-state index is -0.0383. The molecule has 7 nitrogen and oxygen atoms in total. The molecule has 1 N–H and O–H groups in total. The quantitative estimate of drug-likeness (QED) is 0.730. The summed E-state index contributed by atoms with van der Waals surface area (Å²) in [6, 6.07) is 3.80. The number of amides is 2. The van der Waals surface area contributed by atoms with Crippen molar-refractivity contribution in [3.8, 4) is 0 Å². The zero-order valence-corrected chi connectivity index (χ0v) is 15.7. The molecular weight excluding hydrogens is 362 g/mol. The lowest BCUT2D eigenvalue weighted by Crippen LogP contribution is -2.43. The lowest BCUT2D eigenvalue weighted by molar-refractivity contribution is -0.135. The highest BCUT2D eigenvalue weighted by Crippen LogP contribution is 2.19. The fourth-order valence-electron chi connectivity index (χ4n) is 3.36. The first-order valence-corrected chi connectivity index (χ1v) is 9.92. The van der Waals surface area contributed by atoms with Gasteiger partial charge in [0, 0.05) is 55.7 Å². The van der Waals surface area contributed by atoms with Gasteiger partial charge < -0.3 is 10.2 Å². The minimum absolute atomic E-state index is 0.0383. The number of carbonyl (C=O) groups is 2. The number of pyridine rings is 1. The third-order valence-corrected chi connectivity index (χ3v) is 5.65. The fraction of sp³-hybridized carbons (Fsp3) is 0.368. The van der Waals surface area contributed by atoms with Gasteiger partial charge in [0.05, 0.1) is 12.1 Å². The summed E-state index contributed by atoms with van der Waals surface area (Å²) < 4.78 is 1.94. The molecule has 4 rings (SSSR count). The second kappa shape index (κ2) is 7.87. The smallest absolute Gasteiger partial charge is 0.228 e. The van der Waals surface area contributed by atoms with Crippen molar-refractivity contribution in [2.45, 2.75) is 25.8 Å². The highest BCUT2D eigenvalue weighted by Gasteiger charge is 2.27. The molecule has 3 aromatic heterocycles. The van der Waals surface area contributed by atoms with E-state index >= 15 is 0 Å². The Morgan fingerprint density at radius 3 is 2.89 bits per heavy atom. The van der Waals surface area contributed by atoms with Crippen LogP contribution in [0.15, 0.2) is 42.3 Å². The largest absolute Gasteiger partial charge is 0.352 e. The summed E-state index contributed by atoms with van der Waals surface area (Å²) in [5.74, 6) is 0.0962. The maximum Gasteiger partial charge on any atom is 0.228 e. The summed E-state index contributed by atoms with van der Waals surface area (Å²) in [7, 11) is 0. The van der Waals surface area contributed by atoms with Gasteiger partial charge in [-0.1, -0.05) is 6.07 Å². The van der Waals surface area contributed by atoms with E-state index in [-0.39, 0.29) is 17.7 Å². The Morgan fingerprint density at radius 1 is 1.30 bits per heavy atom. The summed E-state index contributed by atoms with van der Waals surface area (Å²) in [6.07, 6.45) is 9.02. The van der Waals surface area contributed by atoms with Crippen LogP contribution in [-0.4, -0.2) is 44.2 Å². The van der Waals surface area contributed by atoms with Gasteiger partial charge >= 0.3 is 0 Å². The number of fused-ring (bicyclic) bond motifs is 1. The first-order valence-electron chi connectivity index (χ1n) is 9.04. The van der Waals surface area contributed by atoms with Crippen LogP contribution < -0.4 is 5.32 Å². The third-order valence-electron chi connectivity index (χ3n) is 4.88. The molecule has 1 fully saturated rings. The van der Waals surface area contributed by atoms with Crippen LogP contribution in [0.1, 0.15) is 24.1 Å². The lowest BCUT2D eigenvalue weighted by atomic mass is 9.95. The second-order valence-electron chi connectivity index (χ2n) is 6.74. The number of piperidine rings is 1. The average molecular weight is 383 g/mol. The Kier molecular flexibility index (Phi) is 5.15. The number of aromatic nitrogens is 3. The van der Waals surface area contributed by atoms with Crippen molar-refractivity contribution in [2.75, 3.05) is 13.1 Å². The Bertz CT molecular complexity index is 899. The molecular formula is C19H21N5O2S. The van der Waals surface area contributed by atoms with E-state index in [0.717, 1.165) is 16.2 Å². The zero-order valence-electron chi connectivity index (χ0n) is 14.9. The van der Waals surface area contributed by atoms with Gasteiger partial charge in [-0.25, -0.2) is 4.98 Å². The molecule has 0 bridgehead atoms. The number of hydrogen-bond donors (Lipinski definition) is 1. The number of likely N-dealkylation sites (tertiary alicyclic amines) is 1. The van der Waals surface area contributed by atoms with Gasteiger partial charge in [0.1, 0.15) is 0 Å². The molecule has 1 aliphatic rings. The summed E-state index contributed by atoms with van der Waals surface area (Å²) in [5.41, 5.74) is 1.78. The molecule has 1 saturated heterocycles. The number of imidazole rings is 1. The Hall–Kier alpha value is -2.74. The van der Waals surface area contributed by atoms with Gasteiger partial charge in [0.2, 0.25) is 11.8 Å². The van der Waals surface area contributed by atoms with Crippen molar-refractivity contribution >= 4 is 28.1 Å². The molecule has 3 aromatic rings. The third kappa shape index (κ3) is 4.16. The highest BCUT2D eigenvalue weighted by atomic mass is 32.1.